The first kappa shape index (κ1) is 10.0. The zero-order valence-electron chi connectivity index (χ0n) is 8.11. The van der Waals surface area contributed by atoms with Crippen LogP contribution in [0.15, 0.2) is 35.0 Å². The molecule has 2 aromatic rings. The Kier molecular flexibility index (Phi) is 2.73. The number of furan rings is 1. The summed E-state index contributed by atoms with van der Waals surface area (Å²) in [5, 5.41) is 10.4. The van der Waals surface area contributed by atoms with Crippen molar-refractivity contribution in [3.8, 4) is 0 Å². The van der Waals surface area contributed by atoms with E-state index in [0.717, 1.165) is 0 Å². The highest BCUT2D eigenvalue weighted by atomic mass is 16.6. The molecule has 0 atom stereocenters. The second-order valence-corrected chi connectivity index (χ2v) is 2.87. The number of rotatable bonds is 3. The van der Waals surface area contributed by atoms with Crippen LogP contribution in [0, 0.1) is 10.1 Å². The van der Waals surface area contributed by atoms with E-state index in [2.05, 4.69) is 9.97 Å². The Bertz CT molecular complexity index is 519. The van der Waals surface area contributed by atoms with E-state index in [9.17, 15) is 10.1 Å². The van der Waals surface area contributed by atoms with Crippen molar-refractivity contribution in [1.29, 1.82) is 0 Å². The van der Waals surface area contributed by atoms with E-state index in [-0.39, 0.29) is 5.88 Å². The van der Waals surface area contributed by atoms with Crippen LogP contribution in [0.25, 0.3) is 12.2 Å². The van der Waals surface area contributed by atoms with Crippen LogP contribution < -0.4 is 0 Å². The maximum atomic E-state index is 10.4. The third kappa shape index (κ3) is 2.30. The maximum Gasteiger partial charge on any atom is 0.433 e. The standard InChI is InChI=1S/C10H7N3O3/c14-13(15)10-5-3-8(16-10)2-4-9-11-6-1-7-12-9/h1-7H/b4-2+. The summed E-state index contributed by atoms with van der Waals surface area (Å²) in [7, 11) is 0. The molecular weight excluding hydrogens is 210 g/mol. The fourth-order valence-corrected chi connectivity index (χ4v) is 1.08. The summed E-state index contributed by atoms with van der Waals surface area (Å²) in [6, 6.07) is 4.51. The molecule has 0 spiro atoms. The molecule has 2 rings (SSSR count). The predicted octanol–water partition coefficient (Wildman–Crippen LogP) is 2.15. The van der Waals surface area contributed by atoms with E-state index in [1.165, 1.54) is 12.1 Å². The molecular formula is C10H7N3O3. The Labute approximate surface area is 90.4 Å². The van der Waals surface area contributed by atoms with Gasteiger partial charge in [-0.3, -0.25) is 10.1 Å². The van der Waals surface area contributed by atoms with Crippen LogP contribution in [0.3, 0.4) is 0 Å². The highest BCUT2D eigenvalue weighted by Gasteiger charge is 2.09. The van der Waals surface area contributed by atoms with Crippen molar-refractivity contribution in [3.05, 3.63) is 52.3 Å². The highest BCUT2D eigenvalue weighted by Crippen LogP contribution is 2.17. The van der Waals surface area contributed by atoms with Gasteiger partial charge in [0, 0.05) is 12.4 Å². The van der Waals surface area contributed by atoms with Crippen LogP contribution in [0.2, 0.25) is 0 Å². The first-order chi connectivity index (χ1) is 7.75. The second-order valence-electron chi connectivity index (χ2n) is 2.87. The Morgan fingerprint density at radius 2 is 2.00 bits per heavy atom. The van der Waals surface area contributed by atoms with E-state index < -0.39 is 4.92 Å². The molecule has 0 radical (unpaired) electrons. The molecule has 0 aliphatic heterocycles. The molecule has 0 amide bonds. The summed E-state index contributed by atoms with van der Waals surface area (Å²) < 4.78 is 4.93. The lowest BCUT2D eigenvalue weighted by Crippen LogP contribution is -1.83. The van der Waals surface area contributed by atoms with Crippen molar-refractivity contribution in [2.24, 2.45) is 0 Å². The minimum atomic E-state index is -0.587. The average molecular weight is 217 g/mol. The lowest BCUT2D eigenvalue weighted by atomic mass is 10.4. The van der Waals surface area contributed by atoms with Gasteiger partial charge >= 0.3 is 5.88 Å². The van der Waals surface area contributed by atoms with Gasteiger partial charge in [0.25, 0.3) is 0 Å². The third-order valence-electron chi connectivity index (χ3n) is 1.77. The topological polar surface area (TPSA) is 82.1 Å². The Morgan fingerprint density at radius 3 is 2.62 bits per heavy atom. The lowest BCUT2D eigenvalue weighted by Gasteiger charge is -1.88. The molecule has 0 saturated heterocycles. The summed E-state index contributed by atoms with van der Waals surface area (Å²) >= 11 is 0. The van der Waals surface area contributed by atoms with Crippen molar-refractivity contribution in [2.45, 2.75) is 0 Å². The highest BCUT2D eigenvalue weighted by molar-refractivity contribution is 5.63. The van der Waals surface area contributed by atoms with E-state index in [4.69, 9.17) is 4.42 Å². The molecule has 0 fully saturated rings. The average Bonchev–Trinajstić information content (AvgIpc) is 2.76. The van der Waals surface area contributed by atoms with Gasteiger partial charge in [0.15, 0.2) is 5.82 Å². The van der Waals surface area contributed by atoms with Crippen LogP contribution in [0.4, 0.5) is 5.88 Å². The predicted molar refractivity (Wildman–Crippen MR) is 56.3 cm³/mol. The zero-order valence-corrected chi connectivity index (χ0v) is 8.11. The smallest absolute Gasteiger partial charge is 0.401 e. The zero-order chi connectivity index (χ0) is 11.4. The molecule has 6 nitrogen and oxygen atoms in total. The van der Waals surface area contributed by atoms with Gasteiger partial charge in [0.2, 0.25) is 0 Å². The summed E-state index contributed by atoms with van der Waals surface area (Å²) in [5.41, 5.74) is 0. The van der Waals surface area contributed by atoms with Gasteiger partial charge in [-0.25, -0.2) is 9.97 Å². The Hall–Kier alpha value is -2.50. The van der Waals surface area contributed by atoms with Gasteiger partial charge in [0.1, 0.15) is 10.7 Å². The van der Waals surface area contributed by atoms with E-state index >= 15 is 0 Å². The van der Waals surface area contributed by atoms with Crippen molar-refractivity contribution >= 4 is 18.0 Å². The van der Waals surface area contributed by atoms with Crippen LogP contribution in [0.5, 0.6) is 0 Å². The minimum Gasteiger partial charge on any atom is -0.401 e. The summed E-state index contributed by atoms with van der Waals surface area (Å²) in [6.45, 7) is 0. The molecule has 0 aliphatic rings. The van der Waals surface area contributed by atoms with Crippen molar-refractivity contribution in [2.75, 3.05) is 0 Å². The lowest BCUT2D eigenvalue weighted by molar-refractivity contribution is -0.402. The normalized spacial score (nSPS) is 10.8. The van der Waals surface area contributed by atoms with Crippen molar-refractivity contribution in [3.63, 3.8) is 0 Å². The largest absolute Gasteiger partial charge is 0.433 e. The fourth-order valence-electron chi connectivity index (χ4n) is 1.08. The van der Waals surface area contributed by atoms with Crippen LogP contribution in [0.1, 0.15) is 11.6 Å². The molecule has 6 heteroatoms. The maximum absolute atomic E-state index is 10.4. The molecule has 2 aromatic heterocycles. The monoisotopic (exact) mass is 217 g/mol. The number of hydrogen-bond donors (Lipinski definition) is 0. The van der Waals surface area contributed by atoms with Gasteiger partial charge in [0.05, 0.1) is 6.07 Å². The van der Waals surface area contributed by atoms with E-state index in [0.29, 0.717) is 11.6 Å². The Balaban J connectivity index is 2.15. The molecule has 0 aliphatic carbocycles. The van der Waals surface area contributed by atoms with Crippen molar-refractivity contribution < 1.29 is 9.34 Å². The minimum absolute atomic E-state index is 0.284. The van der Waals surface area contributed by atoms with Gasteiger partial charge in [-0.05, 0) is 24.3 Å². The number of hydrogen-bond acceptors (Lipinski definition) is 5. The number of nitrogens with zero attached hydrogens (tertiary/aromatic N) is 3. The quantitative estimate of drug-likeness (QED) is 0.581. The van der Waals surface area contributed by atoms with E-state index in [1.54, 1.807) is 30.6 Å². The SMILES string of the molecule is O=[N+]([O-])c1ccc(/C=C/c2ncccn2)o1. The molecule has 2 heterocycles. The van der Waals surface area contributed by atoms with Crippen LogP contribution in [-0.2, 0) is 0 Å². The van der Waals surface area contributed by atoms with Gasteiger partial charge in [-0.2, -0.15) is 0 Å². The molecule has 80 valence electrons. The summed E-state index contributed by atoms with van der Waals surface area (Å²) in [5.74, 6) is 0.620. The van der Waals surface area contributed by atoms with Gasteiger partial charge in [-0.1, -0.05) is 0 Å². The molecule has 0 N–H and O–H groups in total. The van der Waals surface area contributed by atoms with Crippen molar-refractivity contribution in [1.82, 2.24) is 9.97 Å². The molecule has 0 bridgehead atoms. The number of nitro groups is 1. The summed E-state index contributed by atoms with van der Waals surface area (Å²) in [6.07, 6.45) is 6.40. The Morgan fingerprint density at radius 1 is 1.25 bits per heavy atom. The second kappa shape index (κ2) is 4.35. The first-order valence-corrected chi connectivity index (χ1v) is 4.45. The first-order valence-electron chi connectivity index (χ1n) is 4.45. The molecule has 0 saturated carbocycles. The summed E-state index contributed by atoms with van der Waals surface area (Å²) in [4.78, 5) is 17.7. The third-order valence-corrected chi connectivity index (χ3v) is 1.77. The van der Waals surface area contributed by atoms with Gasteiger partial charge < -0.3 is 4.42 Å². The molecule has 0 unspecified atom stereocenters. The molecule has 0 aromatic carbocycles. The number of aromatic nitrogens is 2. The van der Waals surface area contributed by atoms with Gasteiger partial charge in [-0.15, -0.1) is 0 Å². The van der Waals surface area contributed by atoms with Crippen LogP contribution in [-0.4, -0.2) is 14.9 Å². The van der Waals surface area contributed by atoms with Crippen LogP contribution >= 0.6 is 0 Å². The molecule has 16 heavy (non-hydrogen) atoms. The van der Waals surface area contributed by atoms with E-state index in [1.807, 2.05) is 0 Å². The fraction of sp³-hybridized carbons (Fsp3) is 0.